The van der Waals surface area contributed by atoms with Gasteiger partial charge in [-0.2, -0.15) is 4.99 Å². The molecule has 6 nitrogen and oxygen atoms in total. The fourth-order valence-corrected chi connectivity index (χ4v) is 5.21. The van der Waals surface area contributed by atoms with Crippen LogP contribution in [0.4, 0.5) is 10.1 Å². The number of rotatable bonds is 4. The first-order chi connectivity index (χ1) is 14.7. The van der Waals surface area contributed by atoms with Gasteiger partial charge in [0.15, 0.2) is 4.80 Å². The smallest absolute Gasteiger partial charge is 0.279 e. The van der Waals surface area contributed by atoms with E-state index in [0.717, 1.165) is 27.9 Å². The number of halogens is 1. The van der Waals surface area contributed by atoms with Crippen LogP contribution < -0.4 is 9.52 Å². The van der Waals surface area contributed by atoms with Crippen molar-refractivity contribution in [1.82, 2.24) is 4.57 Å². The quantitative estimate of drug-likeness (QED) is 0.500. The Morgan fingerprint density at radius 1 is 1.06 bits per heavy atom. The van der Waals surface area contributed by atoms with Crippen LogP contribution in [-0.2, 0) is 17.1 Å². The van der Waals surface area contributed by atoms with Gasteiger partial charge < -0.3 is 4.57 Å². The molecule has 0 bridgehead atoms. The van der Waals surface area contributed by atoms with Crippen LogP contribution in [-0.4, -0.2) is 18.9 Å². The molecular formula is C22H18FN3O3S2. The number of benzene rings is 3. The molecule has 4 aromatic rings. The summed E-state index contributed by atoms with van der Waals surface area (Å²) in [6.07, 6.45) is 0. The van der Waals surface area contributed by atoms with Gasteiger partial charge in [0.05, 0.1) is 15.1 Å². The van der Waals surface area contributed by atoms with Crippen LogP contribution in [0.3, 0.4) is 0 Å². The summed E-state index contributed by atoms with van der Waals surface area (Å²) in [4.78, 5) is 17.4. The third kappa shape index (κ3) is 4.42. The summed E-state index contributed by atoms with van der Waals surface area (Å²) in [5.74, 6) is -1.01. The summed E-state index contributed by atoms with van der Waals surface area (Å²) in [6.45, 7) is 2.00. The second kappa shape index (κ2) is 8.09. The van der Waals surface area contributed by atoms with E-state index < -0.39 is 21.7 Å². The predicted octanol–water partition coefficient (Wildman–Crippen LogP) is 4.23. The maximum atomic E-state index is 13.1. The van der Waals surface area contributed by atoms with E-state index in [-0.39, 0.29) is 16.1 Å². The monoisotopic (exact) mass is 455 g/mol. The van der Waals surface area contributed by atoms with Crippen LogP contribution in [0.5, 0.6) is 0 Å². The van der Waals surface area contributed by atoms with E-state index in [4.69, 9.17) is 0 Å². The van der Waals surface area contributed by atoms with E-state index in [2.05, 4.69) is 9.71 Å². The minimum absolute atomic E-state index is 0.0806. The van der Waals surface area contributed by atoms with E-state index in [1.807, 2.05) is 36.7 Å². The molecule has 4 rings (SSSR count). The third-order valence-electron chi connectivity index (χ3n) is 4.65. The highest BCUT2D eigenvalue weighted by atomic mass is 32.2. The number of fused-ring (bicyclic) bond motifs is 1. The number of anilines is 1. The van der Waals surface area contributed by atoms with E-state index in [1.165, 1.54) is 35.6 Å². The summed E-state index contributed by atoms with van der Waals surface area (Å²) >= 11 is 1.41. The first-order valence-corrected chi connectivity index (χ1v) is 11.6. The number of carbonyl (C=O) groups is 1. The fourth-order valence-electron chi connectivity index (χ4n) is 3.04. The normalized spacial score (nSPS) is 12.3. The topological polar surface area (TPSA) is 80.5 Å². The number of amides is 1. The number of hydrogen-bond acceptors (Lipinski definition) is 4. The van der Waals surface area contributed by atoms with Crippen molar-refractivity contribution in [2.24, 2.45) is 12.0 Å². The maximum absolute atomic E-state index is 13.1. The molecule has 0 saturated carbocycles. The number of carbonyl (C=O) groups excluding carboxylic acids is 1. The zero-order valence-electron chi connectivity index (χ0n) is 16.7. The van der Waals surface area contributed by atoms with Crippen molar-refractivity contribution in [3.8, 4) is 0 Å². The Bertz CT molecular complexity index is 1470. The van der Waals surface area contributed by atoms with Gasteiger partial charge in [-0.1, -0.05) is 23.5 Å². The second-order valence-corrected chi connectivity index (χ2v) is 9.66. The van der Waals surface area contributed by atoms with Gasteiger partial charge in [0.1, 0.15) is 5.82 Å². The molecule has 9 heteroatoms. The van der Waals surface area contributed by atoms with Crippen LogP contribution in [0, 0.1) is 12.7 Å². The van der Waals surface area contributed by atoms with Crippen LogP contribution in [0.15, 0.2) is 76.6 Å². The average molecular weight is 456 g/mol. The van der Waals surface area contributed by atoms with E-state index >= 15 is 0 Å². The molecule has 3 aromatic carbocycles. The van der Waals surface area contributed by atoms with Crippen molar-refractivity contribution >= 4 is 43.2 Å². The minimum Gasteiger partial charge on any atom is -0.319 e. The van der Waals surface area contributed by atoms with Crippen molar-refractivity contribution in [3.63, 3.8) is 0 Å². The van der Waals surface area contributed by atoms with E-state index in [0.29, 0.717) is 4.80 Å². The van der Waals surface area contributed by atoms with Gasteiger partial charge in [0.25, 0.3) is 15.9 Å². The minimum atomic E-state index is -3.92. The van der Waals surface area contributed by atoms with Gasteiger partial charge in [-0.3, -0.25) is 9.52 Å². The summed E-state index contributed by atoms with van der Waals surface area (Å²) in [7, 11) is -2.08. The largest absolute Gasteiger partial charge is 0.319 e. The lowest BCUT2D eigenvalue weighted by atomic mass is 10.2. The molecule has 0 unspecified atom stereocenters. The Morgan fingerprint density at radius 2 is 1.81 bits per heavy atom. The van der Waals surface area contributed by atoms with Crippen LogP contribution >= 0.6 is 11.3 Å². The fraction of sp³-hybridized carbons (Fsp3) is 0.0909. The van der Waals surface area contributed by atoms with Crippen LogP contribution in [0.2, 0.25) is 0 Å². The Labute approximate surface area is 182 Å². The number of aryl methyl sites for hydroxylation is 2. The molecule has 0 aliphatic rings. The molecular weight excluding hydrogens is 437 g/mol. The standard InChI is InChI=1S/C22H18FN3O3S2/c1-14-6-11-19-20(12-14)30-22(26(19)2)24-21(27)15-4-3-5-17(13-15)25-31(28,29)18-9-7-16(23)8-10-18/h3-13,25H,1-2H3. The van der Waals surface area contributed by atoms with Gasteiger partial charge in [-0.15, -0.1) is 0 Å². The SMILES string of the molecule is Cc1ccc2c(c1)sc(=NC(=O)c1cccc(NS(=O)(=O)c3ccc(F)cc3)c1)n2C. The average Bonchev–Trinajstić information content (AvgIpc) is 3.02. The summed E-state index contributed by atoms with van der Waals surface area (Å²) in [5.41, 5.74) is 2.55. The molecule has 1 heterocycles. The highest BCUT2D eigenvalue weighted by Crippen LogP contribution is 2.20. The number of nitrogens with zero attached hydrogens (tertiary/aromatic N) is 2. The van der Waals surface area contributed by atoms with Crippen molar-refractivity contribution in [2.75, 3.05) is 4.72 Å². The van der Waals surface area contributed by atoms with Crippen LogP contribution in [0.25, 0.3) is 10.2 Å². The lowest BCUT2D eigenvalue weighted by Crippen LogP contribution is -2.14. The molecule has 0 atom stereocenters. The Balaban J connectivity index is 1.64. The van der Waals surface area contributed by atoms with Gasteiger partial charge >= 0.3 is 0 Å². The molecule has 0 fully saturated rings. The Morgan fingerprint density at radius 3 is 2.55 bits per heavy atom. The lowest BCUT2D eigenvalue weighted by molar-refractivity contribution is 0.0998. The zero-order chi connectivity index (χ0) is 22.2. The third-order valence-corrected chi connectivity index (χ3v) is 7.14. The predicted molar refractivity (Wildman–Crippen MR) is 119 cm³/mol. The Kier molecular flexibility index (Phi) is 5.47. The molecule has 1 N–H and O–H groups in total. The molecule has 0 aliphatic heterocycles. The van der Waals surface area contributed by atoms with E-state index in [1.54, 1.807) is 12.1 Å². The molecule has 0 aliphatic carbocycles. The van der Waals surface area contributed by atoms with Crippen molar-refractivity contribution in [1.29, 1.82) is 0 Å². The number of thiazole rings is 1. The molecule has 158 valence electrons. The summed E-state index contributed by atoms with van der Waals surface area (Å²) < 4.78 is 43.4. The van der Waals surface area contributed by atoms with Gasteiger partial charge in [0, 0.05) is 18.3 Å². The van der Waals surface area contributed by atoms with Gasteiger partial charge in [-0.05, 0) is 67.1 Å². The molecule has 1 amide bonds. The first kappa shape index (κ1) is 21.0. The molecule has 0 spiro atoms. The number of aromatic nitrogens is 1. The van der Waals surface area contributed by atoms with Gasteiger partial charge in [0.2, 0.25) is 0 Å². The first-order valence-electron chi connectivity index (χ1n) is 9.27. The lowest BCUT2D eigenvalue weighted by Gasteiger charge is -2.08. The maximum Gasteiger partial charge on any atom is 0.279 e. The number of hydrogen-bond donors (Lipinski definition) is 1. The molecule has 0 saturated heterocycles. The van der Waals surface area contributed by atoms with Crippen molar-refractivity contribution in [2.45, 2.75) is 11.8 Å². The van der Waals surface area contributed by atoms with Crippen LogP contribution in [0.1, 0.15) is 15.9 Å². The van der Waals surface area contributed by atoms with Crippen molar-refractivity contribution in [3.05, 3.63) is 88.5 Å². The molecule has 31 heavy (non-hydrogen) atoms. The number of nitrogens with one attached hydrogen (secondary N) is 1. The molecule has 1 aromatic heterocycles. The number of sulfonamides is 1. The highest BCUT2D eigenvalue weighted by molar-refractivity contribution is 7.92. The summed E-state index contributed by atoms with van der Waals surface area (Å²) in [5, 5.41) is 0. The Hall–Kier alpha value is -3.30. The van der Waals surface area contributed by atoms with Gasteiger partial charge in [-0.25, -0.2) is 12.8 Å². The highest BCUT2D eigenvalue weighted by Gasteiger charge is 2.15. The second-order valence-electron chi connectivity index (χ2n) is 6.97. The zero-order valence-corrected chi connectivity index (χ0v) is 18.3. The summed E-state index contributed by atoms with van der Waals surface area (Å²) in [6, 6.07) is 16.6. The molecule has 0 radical (unpaired) electrons. The van der Waals surface area contributed by atoms with Crippen molar-refractivity contribution < 1.29 is 17.6 Å². The van der Waals surface area contributed by atoms with E-state index in [9.17, 15) is 17.6 Å².